The third kappa shape index (κ3) is 7.42. The minimum absolute atomic E-state index is 0.0379. The Balaban J connectivity index is 1.20. The molecule has 0 aliphatic carbocycles. The number of aromatic nitrogens is 2. The molecule has 5 rings (SSSR count). The van der Waals surface area contributed by atoms with E-state index in [1.165, 1.54) is 23.9 Å². The van der Waals surface area contributed by atoms with Crippen LogP contribution in [0.2, 0.25) is 0 Å². The van der Waals surface area contributed by atoms with Gasteiger partial charge in [0.15, 0.2) is 5.16 Å². The van der Waals surface area contributed by atoms with Crippen LogP contribution < -0.4 is 9.80 Å². The zero-order valence-electron chi connectivity index (χ0n) is 23.5. The van der Waals surface area contributed by atoms with E-state index in [0.29, 0.717) is 54.9 Å². The molecular formula is C32H32F3N5OS. The largest absolute Gasteiger partial charge is 0.416 e. The summed E-state index contributed by atoms with van der Waals surface area (Å²) >= 11 is 1.51. The van der Waals surface area contributed by atoms with E-state index in [1.54, 1.807) is 18.0 Å². The maximum Gasteiger partial charge on any atom is 0.416 e. The summed E-state index contributed by atoms with van der Waals surface area (Å²) in [4.78, 5) is 28.3. The van der Waals surface area contributed by atoms with E-state index >= 15 is 0 Å². The summed E-state index contributed by atoms with van der Waals surface area (Å²) < 4.78 is 39.5. The monoisotopic (exact) mass is 591 g/mol. The maximum atomic E-state index is 13.2. The van der Waals surface area contributed by atoms with E-state index in [2.05, 4.69) is 9.88 Å². The highest BCUT2D eigenvalue weighted by molar-refractivity contribution is 7.98. The lowest BCUT2D eigenvalue weighted by atomic mass is 10.1. The SMILES string of the molecule is Cc1cc(N2CCN(c3cccc(C(F)(F)F)c3)CC2)nc(SCc2cccc(C(=O)N(C)Cc3ccccc3)c2)n1. The molecular weight excluding hydrogens is 559 g/mol. The van der Waals surface area contributed by atoms with Crippen LogP contribution in [0.15, 0.2) is 90.1 Å². The van der Waals surface area contributed by atoms with Crippen molar-refractivity contribution >= 4 is 29.2 Å². The number of anilines is 2. The molecule has 0 saturated carbocycles. The van der Waals surface area contributed by atoms with E-state index in [9.17, 15) is 18.0 Å². The molecule has 1 saturated heterocycles. The third-order valence-electron chi connectivity index (χ3n) is 7.11. The molecule has 1 aromatic heterocycles. The number of carbonyl (C=O) groups excluding carboxylic acids is 1. The molecule has 10 heteroatoms. The predicted octanol–water partition coefficient (Wildman–Crippen LogP) is 6.69. The standard InChI is InChI=1S/C32H32F3N5OS/c1-23-18-29(40-16-14-39(15-17-40)28-13-7-12-27(20-28)32(33,34)35)37-31(36-23)42-22-25-10-6-11-26(19-25)30(41)38(2)21-24-8-4-3-5-9-24/h3-13,18-20H,14-17,21-22H2,1-2H3. The van der Waals surface area contributed by atoms with E-state index < -0.39 is 11.7 Å². The van der Waals surface area contributed by atoms with Gasteiger partial charge in [-0.15, -0.1) is 0 Å². The number of thioether (sulfide) groups is 1. The molecule has 3 aromatic carbocycles. The highest BCUT2D eigenvalue weighted by atomic mass is 32.2. The number of hydrogen-bond donors (Lipinski definition) is 0. The number of halogens is 3. The first-order valence-electron chi connectivity index (χ1n) is 13.7. The first kappa shape index (κ1) is 29.4. The van der Waals surface area contributed by atoms with Gasteiger partial charge in [0.1, 0.15) is 5.82 Å². The number of rotatable bonds is 8. The average Bonchev–Trinajstić information content (AvgIpc) is 3.00. The van der Waals surface area contributed by atoms with Crippen molar-refractivity contribution in [3.8, 4) is 0 Å². The highest BCUT2D eigenvalue weighted by Gasteiger charge is 2.31. The van der Waals surface area contributed by atoms with Gasteiger partial charge in [0, 0.05) is 68.5 Å². The average molecular weight is 592 g/mol. The molecule has 4 aromatic rings. The molecule has 0 N–H and O–H groups in total. The second-order valence-electron chi connectivity index (χ2n) is 10.3. The Hall–Kier alpha value is -4.05. The van der Waals surface area contributed by atoms with Gasteiger partial charge in [0.2, 0.25) is 0 Å². The zero-order chi connectivity index (χ0) is 29.7. The minimum Gasteiger partial charge on any atom is -0.368 e. The number of nitrogens with zero attached hydrogens (tertiary/aromatic N) is 5. The lowest BCUT2D eigenvalue weighted by molar-refractivity contribution is -0.137. The topological polar surface area (TPSA) is 52.6 Å². The molecule has 1 aliphatic heterocycles. The van der Waals surface area contributed by atoms with Crippen LogP contribution in [-0.2, 0) is 18.5 Å². The van der Waals surface area contributed by atoms with E-state index in [1.807, 2.05) is 72.5 Å². The van der Waals surface area contributed by atoms with Gasteiger partial charge in [-0.1, -0.05) is 60.3 Å². The molecule has 0 radical (unpaired) electrons. The van der Waals surface area contributed by atoms with Gasteiger partial charge in [-0.05, 0) is 48.4 Å². The molecule has 2 heterocycles. The maximum absolute atomic E-state index is 13.2. The van der Waals surface area contributed by atoms with Crippen LogP contribution in [0, 0.1) is 6.92 Å². The summed E-state index contributed by atoms with van der Waals surface area (Å²) in [6.45, 7) is 4.91. The molecule has 1 fully saturated rings. The summed E-state index contributed by atoms with van der Waals surface area (Å²) in [5.74, 6) is 1.37. The predicted molar refractivity (Wildman–Crippen MR) is 161 cm³/mol. The molecule has 0 bridgehead atoms. The van der Waals surface area contributed by atoms with Crippen molar-refractivity contribution in [1.29, 1.82) is 0 Å². The van der Waals surface area contributed by atoms with Crippen molar-refractivity contribution in [3.63, 3.8) is 0 Å². The summed E-state index contributed by atoms with van der Waals surface area (Å²) in [6.07, 6.45) is -4.36. The summed E-state index contributed by atoms with van der Waals surface area (Å²) in [5.41, 5.74) is 3.49. The Labute approximate surface area is 248 Å². The molecule has 1 amide bonds. The number of benzene rings is 3. The Morgan fingerprint density at radius 2 is 1.55 bits per heavy atom. The Bertz CT molecular complexity index is 1520. The molecule has 1 aliphatic rings. The fourth-order valence-corrected chi connectivity index (χ4v) is 5.76. The van der Waals surface area contributed by atoms with Crippen molar-refractivity contribution in [2.75, 3.05) is 43.0 Å². The number of hydrogen-bond acceptors (Lipinski definition) is 6. The lowest BCUT2D eigenvalue weighted by Crippen LogP contribution is -2.47. The summed E-state index contributed by atoms with van der Waals surface area (Å²) in [5, 5.41) is 0.642. The second-order valence-corrected chi connectivity index (χ2v) is 11.3. The number of piperazine rings is 1. The van der Waals surface area contributed by atoms with Gasteiger partial charge >= 0.3 is 6.18 Å². The Kier molecular flexibility index (Phi) is 9.01. The normalized spacial score (nSPS) is 13.7. The third-order valence-corrected chi connectivity index (χ3v) is 8.03. The van der Waals surface area contributed by atoms with Crippen molar-refractivity contribution in [2.24, 2.45) is 0 Å². The smallest absolute Gasteiger partial charge is 0.368 e. The Morgan fingerprint density at radius 3 is 2.29 bits per heavy atom. The molecule has 0 unspecified atom stereocenters. The van der Waals surface area contributed by atoms with Gasteiger partial charge in [0.05, 0.1) is 5.56 Å². The Morgan fingerprint density at radius 1 is 0.857 bits per heavy atom. The van der Waals surface area contributed by atoms with Gasteiger partial charge in [-0.25, -0.2) is 9.97 Å². The quantitative estimate of drug-likeness (QED) is 0.168. The first-order valence-corrected chi connectivity index (χ1v) is 14.7. The van der Waals surface area contributed by atoms with Crippen LogP contribution in [-0.4, -0.2) is 54.0 Å². The summed E-state index contributed by atoms with van der Waals surface area (Å²) in [7, 11) is 1.80. The number of amides is 1. The second kappa shape index (κ2) is 12.9. The van der Waals surface area contributed by atoms with Crippen LogP contribution in [0.5, 0.6) is 0 Å². The van der Waals surface area contributed by atoms with Crippen LogP contribution in [0.1, 0.15) is 32.7 Å². The number of carbonyl (C=O) groups is 1. The number of aryl methyl sites for hydroxylation is 1. The zero-order valence-corrected chi connectivity index (χ0v) is 24.3. The molecule has 218 valence electrons. The fraction of sp³-hybridized carbons (Fsp3) is 0.281. The van der Waals surface area contributed by atoms with Crippen molar-refractivity contribution in [2.45, 2.75) is 30.6 Å². The van der Waals surface area contributed by atoms with Crippen LogP contribution in [0.4, 0.5) is 24.7 Å². The van der Waals surface area contributed by atoms with Crippen molar-refractivity contribution < 1.29 is 18.0 Å². The molecule has 42 heavy (non-hydrogen) atoms. The molecule has 6 nitrogen and oxygen atoms in total. The molecule has 0 spiro atoms. The van der Waals surface area contributed by atoms with Crippen molar-refractivity contribution in [1.82, 2.24) is 14.9 Å². The van der Waals surface area contributed by atoms with Crippen LogP contribution >= 0.6 is 11.8 Å². The van der Waals surface area contributed by atoms with E-state index in [0.717, 1.165) is 28.7 Å². The van der Waals surface area contributed by atoms with Gasteiger partial charge < -0.3 is 14.7 Å². The number of alkyl halides is 3. The minimum atomic E-state index is -4.36. The lowest BCUT2D eigenvalue weighted by Gasteiger charge is -2.37. The fourth-order valence-electron chi connectivity index (χ4n) is 4.92. The van der Waals surface area contributed by atoms with Gasteiger partial charge in [-0.2, -0.15) is 13.2 Å². The van der Waals surface area contributed by atoms with E-state index in [4.69, 9.17) is 4.98 Å². The van der Waals surface area contributed by atoms with Gasteiger partial charge in [-0.3, -0.25) is 4.79 Å². The first-order chi connectivity index (χ1) is 20.2. The van der Waals surface area contributed by atoms with E-state index in [-0.39, 0.29) is 5.91 Å². The van der Waals surface area contributed by atoms with Crippen LogP contribution in [0.3, 0.4) is 0 Å². The molecule has 0 atom stereocenters. The van der Waals surface area contributed by atoms with Gasteiger partial charge in [0.25, 0.3) is 5.91 Å². The van der Waals surface area contributed by atoms with Crippen molar-refractivity contribution in [3.05, 3.63) is 113 Å². The van der Waals surface area contributed by atoms with Crippen LogP contribution in [0.25, 0.3) is 0 Å². The highest BCUT2D eigenvalue weighted by Crippen LogP contribution is 2.32. The summed E-state index contributed by atoms with van der Waals surface area (Å²) in [6, 6.07) is 24.9.